The van der Waals surface area contributed by atoms with E-state index in [9.17, 15) is 18.8 Å². The van der Waals surface area contributed by atoms with Gasteiger partial charge in [-0.15, -0.1) is 11.3 Å². The quantitative estimate of drug-likeness (QED) is 0.777. The molecule has 0 bridgehead atoms. The van der Waals surface area contributed by atoms with Gasteiger partial charge in [-0.25, -0.2) is 14.2 Å². The molecule has 1 aromatic heterocycles. The van der Waals surface area contributed by atoms with Crippen molar-refractivity contribution in [2.24, 2.45) is 0 Å². The molecule has 4 amide bonds. The molecule has 26 heavy (non-hydrogen) atoms. The SMILES string of the molecule is Cc1csc(CNC(=O)CN2C(=O)N[C@](C)(c3ccc(F)cc3)C2=O)n1. The van der Waals surface area contributed by atoms with Gasteiger partial charge in [0.05, 0.1) is 6.54 Å². The van der Waals surface area contributed by atoms with E-state index in [-0.39, 0.29) is 6.54 Å². The molecule has 1 aromatic carbocycles. The summed E-state index contributed by atoms with van der Waals surface area (Å²) < 4.78 is 13.1. The Morgan fingerprint density at radius 1 is 1.35 bits per heavy atom. The molecule has 1 saturated heterocycles. The molecule has 7 nitrogen and oxygen atoms in total. The summed E-state index contributed by atoms with van der Waals surface area (Å²) in [6.07, 6.45) is 0. The molecular weight excluding hydrogens is 359 g/mol. The number of nitrogens with zero attached hydrogens (tertiary/aromatic N) is 2. The van der Waals surface area contributed by atoms with Crippen LogP contribution in [0.2, 0.25) is 0 Å². The maximum absolute atomic E-state index is 13.1. The smallest absolute Gasteiger partial charge is 0.325 e. The number of carbonyl (C=O) groups is 3. The van der Waals surface area contributed by atoms with Crippen LogP contribution in [0.4, 0.5) is 9.18 Å². The summed E-state index contributed by atoms with van der Waals surface area (Å²) in [5.41, 5.74) is -0.0286. The van der Waals surface area contributed by atoms with Crippen LogP contribution in [0, 0.1) is 12.7 Å². The second-order valence-corrected chi connectivity index (χ2v) is 7.06. The van der Waals surface area contributed by atoms with E-state index in [0.717, 1.165) is 15.6 Å². The zero-order valence-electron chi connectivity index (χ0n) is 14.2. The van der Waals surface area contributed by atoms with E-state index in [4.69, 9.17) is 0 Å². The van der Waals surface area contributed by atoms with Crippen LogP contribution in [-0.2, 0) is 21.7 Å². The third-order valence-corrected chi connectivity index (χ3v) is 5.07. The van der Waals surface area contributed by atoms with Gasteiger partial charge in [-0.3, -0.25) is 14.5 Å². The topological polar surface area (TPSA) is 91.4 Å². The molecule has 0 spiro atoms. The molecule has 136 valence electrons. The van der Waals surface area contributed by atoms with Crippen LogP contribution in [-0.4, -0.2) is 34.3 Å². The molecule has 0 radical (unpaired) electrons. The zero-order chi connectivity index (χ0) is 18.9. The summed E-state index contributed by atoms with van der Waals surface area (Å²) in [6.45, 7) is 3.21. The summed E-state index contributed by atoms with van der Waals surface area (Å²) in [7, 11) is 0. The molecule has 0 unspecified atom stereocenters. The fourth-order valence-corrected chi connectivity index (χ4v) is 3.39. The molecule has 9 heteroatoms. The molecule has 1 aliphatic rings. The standard InChI is InChI=1S/C17H17FN4O3S/c1-10-9-26-14(20-10)7-19-13(23)8-22-15(24)17(2,21-16(22)25)11-3-5-12(18)6-4-11/h3-6,9H,7-8H2,1-2H3,(H,19,23)(H,21,25)/t17-/m1/s1. The van der Waals surface area contributed by atoms with Crippen LogP contribution in [0.1, 0.15) is 23.2 Å². The van der Waals surface area contributed by atoms with Crippen molar-refractivity contribution in [1.82, 2.24) is 20.5 Å². The first kappa shape index (κ1) is 18.0. The number of thiazole rings is 1. The van der Waals surface area contributed by atoms with Gasteiger partial charge in [0, 0.05) is 11.1 Å². The van der Waals surface area contributed by atoms with Gasteiger partial charge in [0.2, 0.25) is 5.91 Å². The van der Waals surface area contributed by atoms with E-state index in [2.05, 4.69) is 15.6 Å². The lowest BCUT2D eigenvalue weighted by atomic mass is 9.92. The Hall–Kier alpha value is -2.81. The highest BCUT2D eigenvalue weighted by Gasteiger charge is 2.49. The predicted molar refractivity (Wildman–Crippen MR) is 92.7 cm³/mol. The van der Waals surface area contributed by atoms with E-state index < -0.39 is 35.7 Å². The average Bonchev–Trinajstić information content (AvgIpc) is 3.11. The summed E-state index contributed by atoms with van der Waals surface area (Å²) >= 11 is 1.42. The second kappa shape index (κ2) is 6.83. The first-order chi connectivity index (χ1) is 12.3. The van der Waals surface area contributed by atoms with Crippen molar-refractivity contribution in [3.8, 4) is 0 Å². The minimum absolute atomic E-state index is 0.232. The van der Waals surface area contributed by atoms with Gasteiger partial charge in [-0.1, -0.05) is 12.1 Å². The first-order valence-electron chi connectivity index (χ1n) is 7.87. The minimum Gasteiger partial charge on any atom is -0.348 e. The highest BCUT2D eigenvalue weighted by Crippen LogP contribution is 2.28. The summed E-state index contributed by atoms with van der Waals surface area (Å²) in [5.74, 6) is -1.47. The molecule has 1 atom stereocenters. The molecule has 0 saturated carbocycles. The molecule has 2 N–H and O–H groups in total. The number of urea groups is 1. The van der Waals surface area contributed by atoms with Crippen molar-refractivity contribution in [3.05, 3.63) is 51.7 Å². The number of nitrogens with one attached hydrogen (secondary N) is 2. The lowest BCUT2D eigenvalue weighted by Gasteiger charge is -2.22. The van der Waals surface area contributed by atoms with E-state index in [1.165, 1.54) is 42.5 Å². The fraction of sp³-hybridized carbons (Fsp3) is 0.294. The lowest BCUT2D eigenvalue weighted by molar-refractivity contribution is -0.134. The Labute approximate surface area is 153 Å². The van der Waals surface area contributed by atoms with E-state index in [0.29, 0.717) is 5.56 Å². The van der Waals surface area contributed by atoms with E-state index in [1.54, 1.807) is 0 Å². The molecule has 2 heterocycles. The Balaban J connectivity index is 1.66. The Morgan fingerprint density at radius 3 is 2.65 bits per heavy atom. The number of imide groups is 1. The number of aromatic nitrogens is 1. The minimum atomic E-state index is -1.34. The maximum Gasteiger partial charge on any atom is 0.325 e. The Morgan fingerprint density at radius 2 is 2.04 bits per heavy atom. The largest absolute Gasteiger partial charge is 0.348 e. The zero-order valence-corrected chi connectivity index (χ0v) is 15.0. The first-order valence-corrected chi connectivity index (χ1v) is 8.75. The van der Waals surface area contributed by atoms with Crippen molar-refractivity contribution < 1.29 is 18.8 Å². The number of carbonyl (C=O) groups excluding carboxylic acids is 3. The van der Waals surface area contributed by atoms with Crippen molar-refractivity contribution in [3.63, 3.8) is 0 Å². The Kier molecular flexibility index (Phi) is 4.73. The van der Waals surface area contributed by atoms with Gasteiger partial charge in [-0.05, 0) is 31.5 Å². The van der Waals surface area contributed by atoms with Crippen molar-refractivity contribution in [2.45, 2.75) is 25.9 Å². The second-order valence-electron chi connectivity index (χ2n) is 6.11. The van der Waals surface area contributed by atoms with Crippen molar-refractivity contribution in [1.29, 1.82) is 0 Å². The highest BCUT2D eigenvalue weighted by molar-refractivity contribution is 7.09. The summed E-state index contributed by atoms with van der Waals surface area (Å²) in [4.78, 5) is 42.1. The molecule has 1 aliphatic heterocycles. The van der Waals surface area contributed by atoms with Gasteiger partial charge in [0.1, 0.15) is 22.9 Å². The van der Waals surface area contributed by atoms with Crippen LogP contribution in [0.25, 0.3) is 0 Å². The van der Waals surface area contributed by atoms with Gasteiger partial charge in [0.25, 0.3) is 5.91 Å². The van der Waals surface area contributed by atoms with E-state index >= 15 is 0 Å². The normalized spacial score (nSPS) is 19.6. The van der Waals surface area contributed by atoms with Gasteiger partial charge in [-0.2, -0.15) is 0 Å². The fourth-order valence-electron chi connectivity index (χ4n) is 2.68. The van der Waals surface area contributed by atoms with E-state index in [1.807, 2.05) is 12.3 Å². The molecule has 0 aliphatic carbocycles. The number of rotatable bonds is 5. The average molecular weight is 376 g/mol. The number of amides is 4. The monoisotopic (exact) mass is 376 g/mol. The third-order valence-electron chi connectivity index (χ3n) is 4.10. The number of hydrogen-bond acceptors (Lipinski definition) is 5. The van der Waals surface area contributed by atoms with Crippen LogP contribution in [0.15, 0.2) is 29.6 Å². The number of benzene rings is 1. The number of halogens is 1. The van der Waals surface area contributed by atoms with Crippen molar-refractivity contribution >= 4 is 29.2 Å². The number of hydrogen-bond donors (Lipinski definition) is 2. The van der Waals surface area contributed by atoms with Gasteiger partial charge < -0.3 is 10.6 Å². The van der Waals surface area contributed by atoms with Crippen LogP contribution in [0.5, 0.6) is 0 Å². The lowest BCUT2D eigenvalue weighted by Crippen LogP contribution is -2.43. The maximum atomic E-state index is 13.1. The predicted octanol–water partition coefficient (Wildman–Crippen LogP) is 1.67. The number of aryl methyl sites for hydroxylation is 1. The Bertz CT molecular complexity index is 867. The molecule has 3 rings (SSSR count). The van der Waals surface area contributed by atoms with Gasteiger partial charge in [0.15, 0.2) is 0 Å². The summed E-state index contributed by atoms with van der Waals surface area (Å²) in [6, 6.07) is 4.63. The van der Waals surface area contributed by atoms with Crippen LogP contribution < -0.4 is 10.6 Å². The molecular formula is C17H17FN4O3S. The highest BCUT2D eigenvalue weighted by atomic mass is 32.1. The third kappa shape index (κ3) is 3.43. The summed E-state index contributed by atoms with van der Waals surface area (Å²) in [5, 5.41) is 7.82. The molecule has 2 aromatic rings. The van der Waals surface area contributed by atoms with Gasteiger partial charge >= 0.3 is 6.03 Å². The van der Waals surface area contributed by atoms with Crippen LogP contribution in [0.3, 0.4) is 0 Å². The van der Waals surface area contributed by atoms with Crippen LogP contribution >= 0.6 is 11.3 Å². The van der Waals surface area contributed by atoms with Crippen molar-refractivity contribution in [2.75, 3.05) is 6.54 Å². The molecule has 1 fully saturated rings.